The van der Waals surface area contributed by atoms with Gasteiger partial charge in [-0.25, -0.2) is 13.6 Å². The van der Waals surface area contributed by atoms with E-state index in [-0.39, 0.29) is 18.1 Å². The molecular formula is C16H20F2O4. The predicted molar refractivity (Wildman–Crippen MR) is 77.1 cm³/mol. The van der Waals surface area contributed by atoms with Crippen LogP contribution in [0.15, 0.2) is 12.1 Å². The van der Waals surface area contributed by atoms with Gasteiger partial charge in [-0.05, 0) is 19.8 Å². The molecule has 122 valence electrons. The Kier molecular flexibility index (Phi) is 7.49. The fourth-order valence-corrected chi connectivity index (χ4v) is 1.93. The summed E-state index contributed by atoms with van der Waals surface area (Å²) >= 11 is 0. The van der Waals surface area contributed by atoms with Gasteiger partial charge in [-0.1, -0.05) is 26.2 Å². The Hall–Kier alpha value is -1.98. The van der Waals surface area contributed by atoms with Crippen molar-refractivity contribution in [1.29, 1.82) is 0 Å². The SMILES string of the molecule is CCCCCCC(C)OC(=O)Oc1cc(F)c(C=O)c(F)c1. The number of hydrogen-bond donors (Lipinski definition) is 0. The van der Waals surface area contributed by atoms with Gasteiger partial charge in [0.1, 0.15) is 23.5 Å². The van der Waals surface area contributed by atoms with E-state index in [1.165, 1.54) is 0 Å². The molecule has 0 aliphatic heterocycles. The molecule has 0 amide bonds. The van der Waals surface area contributed by atoms with Crippen molar-refractivity contribution in [2.24, 2.45) is 0 Å². The third-order valence-corrected chi connectivity index (χ3v) is 3.13. The van der Waals surface area contributed by atoms with E-state index in [2.05, 4.69) is 6.92 Å². The van der Waals surface area contributed by atoms with Crippen LogP contribution in [0.4, 0.5) is 13.6 Å². The number of benzene rings is 1. The monoisotopic (exact) mass is 314 g/mol. The van der Waals surface area contributed by atoms with Gasteiger partial charge in [0.05, 0.1) is 5.56 Å². The first-order chi connectivity index (χ1) is 10.5. The molecule has 4 nitrogen and oxygen atoms in total. The number of aldehydes is 1. The van der Waals surface area contributed by atoms with E-state index in [4.69, 9.17) is 9.47 Å². The lowest BCUT2D eigenvalue weighted by Gasteiger charge is -2.13. The summed E-state index contributed by atoms with van der Waals surface area (Å²) < 4.78 is 36.4. The molecule has 0 radical (unpaired) electrons. The molecule has 0 N–H and O–H groups in total. The molecule has 0 aromatic heterocycles. The molecule has 1 rings (SSSR count). The van der Waals surface area contributed by atoms with Crippen LogP contribution in [-0.4, -0.2) is 18.5 Å². The summed E-state index contributed by atoms with van der Waals surface area (Å²) in [5.41, 5.74) is -0.704. The van der Waals surface area contributed by atoms with Gasteiger partial charge in [-0.2, -0.15) is 0 Å². The Morgan fingerprint density at radius 2 is 1.86 bits per heavy atom. The summed E-state index contributed by atoms with van der Waals surface area (Å²) in [4.78, 5) is 22.0. The van der Waals surface area contributed by atoms with Crippen molar-refractivity contribution in [3.63, 3.8) is 0 Å². The summed E-state index contributed by atoms with van der Waals surface area (Å²) in [6.07, 6.45) is 3.62. The maximum Gasteiger partial charge on any atom is 0.514 e. The Balaban J connectivity index is 2.49. The molecule has 0 saturated carbocycles. The van der Waals surface area contributed by atoms with E-state index in [1.54, 1.807) is 6.92 Å². The van der Waals surface area contributed by atoms with Crippen molar-refractivity contribution in [3.05, 3.63) is 29.3 Å². The Labute approximate surface area is 128 Å². The highest BCUT2D eigenvalue weighted by Crippen LogP contribution is 2.20. The smallest absolute Gasteiger partial charge is 0.431 e. The first-order valence-corrected chi connectivity index (χ1v) is 7.30. The van der Waals surface area contributed by atoms with E-state index < -0.39 is 23.4 Å². The summed E-state index contributed by atoms with van der Waals surface area (Å²) in [6, 6.07) is 1.53. The van der Waals surface area contributed by atoms with Gasteiger partial charge < -0.3 is 9.47 Å². The Morgan fingerprint density at radius 3 is 2.41 bits per heavy atom. The van der Waals surface area contributed by atoms with Crippen LogP contribution in [0.5, 0.6) is 5.75 Å². The maximum atomic E-state index is 13.4. The van der Waals surface area contributed by atoms with Crippen molar-refractivity contribution in [2.75, 3.05) is 0 Å². The summed E-state index contributed by atoms with van der Waals surface area (Å²) in [5.74, 6) is -2.53. The van der Waals surface area contributed by atoms with Crippen molar-refractivity contribution in [2.45, 2.75) is 52.1 Å². The van der Waals surface area contributed by atoms with Crippen molar-refractivity contribution in [1.82, 2.24) is 0 Å². The molecular weight excluding hydrogens is 294 g/mol. The quantitative estimate of drug-likeness (QED) is 0.303. The van der Waals surface area contributed by atoms with Gasteiger partial charge in [-0.3, -0.25) is 4.79 Å². The fraction of sp³-hybridized carbons (Fsp3) is 0.500. The van der Waals surface area contributed by atoms with Crippen LogP contribution in [0.3, 0.4) is 0 Å². The molecule has 0 saturated heterocycles. The lowest BCUT2D eigenvalue weighted by molar-refractivity contribution is 0.0612. The molecule has 22 heavy (non-hydrogen) atoms. The second-order valence-electron chi connectivity index (χ2n) is 5.05. The second-order valence-corrected chi connectivity index (χ2v) is 5.05. The maximum absolute atomic E-state index is 13.4. The molecule has 1 atom stereocenters. The van der Waals surface area contributed by atoms with Crippen LogP contribution in [-0.2, 0) is 4.74 Å². The molecule has 0 bridgehead atoms. The first-order valence-electron chi connectivity index (χ1n) is 7.30. The highest BCUT2D eigenvalue weighted by molar-refractivity contribution is 5.76. The van der Waals surface area contributed by atoms with Crippen molar-refractivity contribution < 1.29 is 27.8 Å². The lowest BCUT2D eigenvalue weighted by atomic mass is 10.1. The van der Waals surface area contributed by atoms with Gasteiger partial charge in [0.25, 0.3) is 0 Å². The lowest BCUT2D eigenvalue weighted by Crippen LogP contribution is -2.18. The highest BCUT2D eigenvalue weighted by atomic mass is 19.1. The minimum atomic E-state index is -1.09. The Morgan fingerprint density at radius 1 is 1.23 bits per heavy atom. The number of hydrogen-bond acceptors (Lipinski definition) is 4. The zero-order valence-corrected chi connectivity index (χ0v) is 12.7. The highest BCUT2D eigenvalue weighted by Gasteiger charge is 2.16. The number of carbonyl (C=O) groups is 2. The zero-order chi connectivity index (χ0) is 16.5. The zero-order valence-electron chi connectivity index (χ0n) is 12.7. The molecule has 1 unspecified atom stereocenters. The van der Waals surface area contributed by atoms with Crippen LogP contribution in [0.2, 0.25) is 0 Å². The molecule has 1 aromatic rings. The van der Waals surface area contributed by atoms with E-state index >= 15 is 0 Å². The third-order valence-electron chi connectivity index (χ3n) is 3.13. The molecule has 0 heterocycles. The van der Waals surface area contributed by atoms with E-state index in [1.807, 2.05) is 0 Å². The van der Waals surface area contributed by atoms with Gasteiger partial charge in [0.15, 0.2) is 6.29 Å². The molecule has 0 spiro atoms. The Bertz CT molecular complexity index is 494. The topological polar surface area (TPSA) is 52.6 Å². The number of ether oxygens (including phenoxy) is 2. The van der Waals surface area contributed by atoms with E-state index in [9.17, 15) is 18.4 Å². The summed E-state index contributed by atoms with van der Waals surface area (Å²) in [5, 5.41) is 0. The molecule has 0 fully saturated rings. The van der Waals surface area contributed by atoms with Crippen LogP contribution in [0, 0.1) is 11.6 Å². The van der Waals surface area contributed by atoms with Crippen molar-refractivity contribution >= 4 is 12.4 Å². The first kappa shape index (κ1) is 18.1. The van der Waals surface area contributed by atoms with Crippen LogP contribution < -0.4 is 4.74 Å². The summed E-state index contributed by atoms with van der Waals surface area (Å²) in [6.45, 7) is 3.83. The van der Waals surface area contributed by atoms with Crippen LogP contribution in [0.25, 0.3) is 0 Å². The molecule has 6 heteroatoms. The standard InChI is InChI=1S/C16H20F2O4/c1-3-4-5-6-7-11(2)21-16(20)22-12-8-14(17)13(10-19)15(18)9-12/h8-11H,3-7H2,1-2H3. The average Bonchev–Trinajstić information content (AvgIpc) is 2.43. The normalized spacial score (nSPS) is 11.8. The minimum Gasteiger partial charge on any atom is -0.431 e. The van der Waals surface area contributed by atoms with Gasteiger partial charge in [-0.15, -0.1) is 0 Å². The molecule has 0 aliphatic rings. The molecule has 0 aliphatic carbocycles. The summed E-state index contributed by atoms with van der Waals surface area (Å²) in [7, 11) is 0. The van der Waals surface area contributed by atoms with Gasteiger partial charge in [0, 0.05) is 12.1 Å². The average molecular weight is 314 g/mol. The van der Waals surface area contributed by atoms with Gasteiger partial charge in [0.2, 0.25) is 0 Å². The third kappa shape index (κ3) is 5.79. The predicted octanol–water partition coefficient (Wildman–Crippen LogP) is 4.65. The van der Waals surface area contributed by atoms with Crippen LogP contribution >= 0.6 is 0 Å². The van der Waals surface area contributed by atoms with E-state index in [0.717, 1.165) is 37.8 Å². The second kappa shape index (κ2) is 9.12. The number of carbonyl (C=O) groups excluding carboxylic acids is 2. The molecule has 1 aromatic carbocycles. The number of unbranched alkanes of at least 4 members (excludes halogenated alkanes) is 3. The van der Waals surface area contributed by atoms with Crippen LogP contribution in [0.1, 0.15) is 56.3 Å². The fourth-order valence-electron chi connectivity index (χ4n) is 1.93. The number of rotatable bonds is 8. The minimum absolute atomic E-state index is 0.0607. The number of halogens is 2. The largest absolute Gasteiger partial charge is 0.514 e. The van der Waals surface area contributed by atoms with E-state index in [0.29, 0.717) is 6.42 Å². The van der Waals surface area contributed by atoms with Gasteiger partial charge >= 0.3 is 6.16 Å². The van der Waals surface area contributed by atoms with Crippen molar-refractivity contribution in [3.8, 4) is 5.75 Å².